The van der Waals surface area contributed by atoms with Crippen molar-refractivity contribution < 1.29 is 15.2 Å². The summed E-state index contributed by atoms with van der Waals surface area (Å²) in [5.41, 5.74) is -1.33. The van der Waals surface area contributed by atoms with Gasteiger partial charge in [0.1, 0.15) is 11.3 Å². The molecule has 1 aliphatic rings. The molecule has 1 aromatic carbocycles. The second-order valence-corrected chi connectivity index (χ2v) is 6.16. The first-order valence-electron chi connectivity index (χ1n) is 6.46. The highest BCUT2D eigenvalue weighted by molar-refractivity contribution is 6.30. The Balaban J connectivity index is 2.70. The van der Waals surface area contributed by atoms with E-state index in [0.29, 0.717) is 21.0 Å². The maximum absolute atomic E-state index is 12.8. The number of benzene rings is 1. The van der Waals surface area contributed by atoms with Crippen molar-refractivity contribution in [2.75, 3.05) is 0 Å². The van der Waals surface area contributed by atoms with Crippen LogP contribution in [0.5, 0.6) is 0 Å². The van der Waals surface area contributed by atoms with Crippen molar-refractivity contribution in [1.29, 1.82) is 0 Å². The molecular formula is C14H18ClN3O3. The average Bonchev–Trinajstić information content (AvgIpc) is 2.58. The highest BCUT2D eigenvalue weighted by atomic mass is 35.5. The Labute approximate surface area is 128 Å². The average molecular weight is 312 g/mol. The number of nitrogens with zero attached hydrogens (tertiary/aromatic N) is 3. The van der Waals surface area contributed by atoms with Gasteiger partial charge in [-0.3, -0.25) is 0 Å². The fraction of sp³-hybridized carbons (Fsp3) is 0.429. The monoisotopic (exact) mass is 311 g/mol. The van der Waals surface area contributed by atoms with E-state index in [9.17, 15) is 10.4 Å². The van der Waals surface area contributed by atoms with Gasteiger partial charge in [0.05, 0.1) is 0 Å². The van der Waals surface area contributed by atoms with Crippen LogP contribution in [-0.4, -0.2) is 42.8 Å². The van der Waals surface area contributed by atoms with E-state index >= 15 is 0 Å². The van der Waals surface area contributed by atoms with E-state index in [0.717, 1.165) is 5.06 Å². The Hall–Kier alpha value is -1.63. The summed E-state index contributed by atoms with van der Waals surface area (Å²) in [7, 11) is 0. The van der Waals surface area contributed by atoms with Crippen molar-refractivity contribution in [3.8, 4) is 0 Å². The van der Waals surface area contributed by atoms with Crippen molar-refractivity contribution in [2.45, 2.75) is 38.9 Å². The molecule has 0 saturated heterocycles. The smallest absolute Gasteiger partial charge is 0.290 e. The Morgan fingerprint density at radius 1 is 1.29 bits per heavy atom. The zero-order valence-corrected chi connectivity index (χ0v) is 13.1. The topological polar surface area (TPSA) is 82.1 Å². The summed E-state index contributed by atoms with van der Waals surface area (Å²) >= 11 is 5.87. The number of halogens is 1. The molecule has 0 amide bonds. The Bertz CT molecular complexity index is 625. The zero-order valence-electron chi connectivity index (χ0n) is 12.3. The van der Waals surface area contributed by atoms with Gasteiger partial charge in [0.2, 0.25) is 5.71 Å². The van der Waals surface area contributed by atoms with Gasteiger partial charge in [-0.1, -0.05) is 16.8 Å². The second-order valence-electron chi connectivity index (χ2n) is 5.73. The van der Waals surface area contributed by atoms with Gasteiger partial charge in [-0.15, -0.1) is 5.06 Å². The van der Waals surface area contributed by atoms with Crippen LogP contribution < -0.4 is 0 Å². The van der Waals surface area contributed by atoms with E-state index < -0.39 is 11.2 Å². The third-order valence-corrected chi connectivity index (χ3v) is 4.33. The molecule has 1 heterocycles. The lowest BCUT2D eigenvalue weighted by atomic mass is 9.92. The molecule has 0 aromatic heterocycles. The Kier molecular flexibility index (Phi) is 3.73. The van der Waals surface area contributed by atoms with Gasteiger partial charge in [-0.05, 0) is 45.0 Å². The molecule has 0 radical (unpaired) electrons. The Morgan fingerprint density at radius 2 is 1.81 bits per heavy atom. The van der Waals surface area contributed by atoms with Crippen molar-refractivity contribution in [1.82, 2.24) is 5.06 Å². The molecule has 1 atom stereocenters. The fourth-order valence-corrected chi connectivity index (χ4v) is 2.80. The maximum atomic E-state index is 12.8. The molecule has 7 heteroatoms. The molecule has 0 saturated carbocycles. The molecule has 0 bridgehead atoms. The van der Waals surface area contributed by atoms with Crippen molar-refractivity contribution in [3.05, 3.63) is 40.1 Å². The number of oxime groups is 1. The van der Waals surface area contributed by atoms with Crippen LogP contribution in [0.1, 0.15) is 33.3 Å². The summed E-state index contributed by atoms with van der Waals surface area (Å²) in [6, 6.07) is 6.79. The zero-order chi connectivity index (χ0) is 16.0. The number of hydrogen-bond donors (Lipinski definition) is 2. The molecule has 0 fully saturated rings. The SMILES string of the molecule is C/C(=N/O)[C@@]1(C)N(O)C(C)(C)C(c2ccc(Cl)cc2)=[N+]1[O-]. The van der Waals surface area contributed by atoms with Crippen LogP contribution in [0.15, 0.2) is 29.4 Å². The van der Waals surface area contributed by atoms with Gasteiger partial charge in [-0.2, -0.15) is 4.74 Å². The van der Waals surface area contributed by atoms with Crippen molar-refractivity contribution in [3.63, 3.8) is 0 Å². The van der Waals surface area contributed by atoms with Crippen LogP contribution in [-0.2, 0) is 0 Å². The van der Waals surface area contributed by atoms with E-state index in [2.05, 4.69) is 5.16 Å². The first kappa shape index (κ1) is 15.8. The number of rotatable bonds is 2. The minimum Gasteiger partial charge on any atom is -0.622 e. The van der Waals surface area contributed by atoms with E-state index in [-0.39, 0.29) is 5.71 Å². The summed E-state index contributed by atoms with van der Waals surface area (Å²) in [6.45, 7) is 6.42. The summed E-state index contributed by atoms with van der Waals surface area (Å²) in [5, 5.41) is 36.9. The molecule has 114 valence electrons. The van der Waals surface area contributed by atoms with Crippen LogP contribution in [0.3, 0.4) is 0 Å². The van der Waals surface area contributed by atoms with Crippen LogP contribution in [0.2, 0.25) is 5.02 Å². The lowest BCUT2D eigenvalue weighted by molar-refractivity contribution is -0.560. The molecule has 6 nitrogen and oxygen atoms in total. The van der Waals surface area contributed by atoms with Crippen molar-refractivity contribution >= 4 is 23.0 Å². The Morgan fingerprint density at radius 3 is 2.29 bits per heavy atom. The minimum absolute atomic E-state index is 0.0945. The second kappa shape index (κ2) is 4.98. The quantitative estimate of drug-likeness (QED) is 0.289. The molecule has 0 aliphatic carbocycles. The van der Waals surface area contributed by atoms with Crippen LogP contribution in [0.25, 0.3) is 0 Å². The standard InChI is InChI=1S/C14H18ClN3O3/c1-9(16-19)14(4)17(20)12(13(2,3)18(14)21)10-5-7-11(15)8-6-10/h5-8,19,21H,1-4H3/b16-9-/t14-/m1/s1. The van der Waals surface area contributed by atoms with E-state index in [1.165, 1.54) is 13.8 Å². The minimum atomic E-state index is -1.48. The van der Waals surface area contributed by atoms with Gasteiger partial charge in [0.15, 0.2) is 0 Å². The largest absolute Gasteiger partial charge is 0.622 e. The van der Waals surface area contributed by atoms with Crippen LogP contribution >= 0.6 is 11.6 Å². The third kappa shape index (κ3) is 2.10. The van der Waals surface area contributed by atoms with Gasteiger partial charge >= 0.3 is 0 Å². The lowest BCUT2D eigenvalue weighted by Crippen LogP contribution is -2.57. The van der Waals surface area contributed by atoms with Crippen LogP contribution in [0, 0.1) is 5.21 Å². The normalized spacial score (nSPS) is 26.5. The van der Waals surface area contributed by atoms with E-state index in [4.69, 9.17) is 16.8 Å². The lowest BCUT2D eigenvalue weighted by Gasteiger charge is -2.32. The predicted octanol–water partition coefficient (Wildman–Crippen LogP) is 2.69. The first-order chi connectivity index (χ1) is 9.67. The first-order valence-corrected chi connectivity index (χ1v) is 6.84. The third-order valence-electron chi connectivity index (χ3n) is 4.07. The van der Waals surface area contributed by atoms with Crippen LogP contribution in [0.4, 0.5) is 0 Å². The highest BCUT2D eigenvalue weighted by Crippen LogP contribution is 2.36. The van der Waals surface area contributed by atoms with Crippen molar-refractivity contribution in [2.24, 2.45) is 5.16 Å². The predicted molar refractivity (Wildman–Crippen MR) is 80.2 cm³/mol. The summed E-state index contributed by atoms with van der Waals surface area (Å²) in [4.78, 5) is 0. The van der Waals surface area contributed by atoms with Gasteiger partial charge in [0.25, 0.3) is 5.66 Å². The molecule has 21 heavy (non-hydrogen) atoms. The molecule has 2 N–H and O–H groups in total. The van der Waals surface area contributed by atoms with E-state index in [1.807, 2.05) is 0 Å². The molecule has 0 spiro atoms. The fourth-order valence-electron chi connectivity index (χ4n) is 2.67. The van der Waals surface area contributed by atoms with E-state index in [1.54, 1.807) is 38.1 Å². The summed E-state index contributed by atoms with van der Waals surface area (Å²) < 4.78 is 0.672. The summed E-state index contributed by atoms with van der Waals surface area (Å²) in [5.74, 6) is 0. The molecular weight excluding hydrogens is 294 g/mol. The molecule has 2 rings (SSSR count). The van der Waals surface area contributed by atoms with Gasteiger partial charge in [0, 0.05) is 17.5 Å². The van der Waals surface area contributed by atoms with Gasteiger partial charge < -0.3 is 15.6 Å². The number of hydroxylamine groups is 3. The molecule has 1 aromatic rings. The maximum Gasteiger partial charge on any atom is 0.290 e. The molecule has 0 unspecified atom stereocenters. The van der Waals surface area contributed by atoms with Gasteiger partial charge in [-0.25, -0.2) is 0 Å². The summed E-state index contributed by atoms with van der Waals surface area (Å²) in [6.07, 6.45) is 0. The highest BCUT2D eigenvalue weighted by Gasteiger charge is 2.61. The number of hydrogen-bond acceptors (Lipinski definition) is 5. The molecule has 1 aliphatic heterocycles.